The van der Waals surface area contributed by atoms with Crippen molar-refractivity contribution < 1.29 is 29.1 Å². The number of nitrogens with one attached hydrogen (secondary N) is 3. The second-order valence-electron chi connectivity index (χ2n) is 8.66. The van der Waals surface area contributed by atoms with Crippen LogP contribution < -0.4 is 38.9 Å². The molecule has 0 aliphatic heterocycles. The number of rotatable bonds is 18. The first-order valence-corrected chi connectivity index (χ1v) is 12.9. The zero-order valence-electron chi connectivity index (χ0n) is 21.0. The maximum absolute atomic E-state index is 13.0. The van der Waals surface area contributed by atoms with Crippen LogP contribution in [0.3, 0.4) is 0 Å². The van der Waals surface area contributed by atoms with Crippen LogP contribution in [0.15, 0.2) is 4.99 Å². The van der Waals surface area contributed by atoms with Crippen molar-refractivity contribution in [1.29, 1.82) is 0 Å². The molecule has 0 aromatic rings. The summed E-state index contributed by atoms with van der Waals surface area (Å²) in [4.78, 5) is 65.2. The van der Waals surface area contributed by atoms with Gasteiger partial charge in [-0.25, -0.2) is 4.79 Å². The Bertz CT molecular complexity index is 790. The van der Waals surface area contributed by atoms with Gasteiger partial charge in [0.15, 0.2) is 5.96 Å². The molecule has 206 valence electrons. The molecule has 0 fully saturated rings. The molecule has 4 amide bonds. The quantitative estimate of drug-likeness (QED) is 0.0526. The van der Waals surface area contributed by atoms with Gasteiger partial charge in [0, 0.05) is 6.54 Å². The second kappa shape index (κ2) is 17.4. The van der Waals surface area contributed by atoms with E-state index in [9.17, 15) is 29.1 Å². The van der Waals surface area contributed by atoms with Gasteiger partial charge in [0.1, 0.15) is 18.1 Å². The van der Waals surface area contributed by atoms with Gasteiger partial charge >= 0.3 is 5.97 Å². The van der Waals surface area contributed by atoms with Gasteiger partial charge in [0.25, 0.3) is 0 Å². The maximum Gasteiger partial charge on any atom is 0.326 e. The first-order valence-electron chi connectivity index (χ1n) is 11.5. The van der Waals surface area contributed by atoms with Crippen molar-refractivity contribution in [2.75, 3.05) is 18.6 Å². The van der Waals surface area contributed by atoms with Crippen molar-refractivity contribution in [2.24, 2.45) is 33.8 Å². The highest BCUT2D eigenvalue weighted by Gasteiger charge is 2.31. The van der Waals surface area contributed by atoms with Crippen molar-refractivity contribution >= 4 is 47.3 Å². The molecule has 0 aliphatic carbocycles. The summed E-state index contributed by atoms with van der Waals surface area (Å²) < 4.78 is 0. The van der Waals surface area contributed by atoms with Crippen molar-refractivity contribution in [3.05, 3.63) is 0 Å². The summed E-state index contributed by atoms with van der Waals surface area (Å²) in [5, 5.41) is 16.7. The monoisotopic (exact) mass is 532 g/mol. The summed E-state index contributed by atoms with van der Waals surface area (Å²) in [6, 6.07) is -4.66. The Kier molecular flexibility index (Phi) is 15.9. The highest BCUT2D eigenvalue weighted by atomic mass is 32.2. The Hall–Kier alpha value is -3.07. The third kappa shape index (κ3) is 14.4. The van der Waals surface area contributed by atoms with E-state index in [-0.39, 0.29) is 31.3 Å². The molecule has 0 saturated carbocycles. The van der Waals surface area contributed by atoms with Crippen molar-refractivity contribution in [3.63, 3.8) is 0 Å². The van der Waals surface area contributed by atoms with Crippen LogP contribution in [0, 0.1) is 5.92 Å². The third-order valence-electron chi connectivity index (χ3n) is 4.91. The lowest BCUT2D eigenvalue weighted by molar-refractivity contribution is -0.143. The molecule has 0 saturated heterocycles. The topological polar surface area (TPSA) is 258 Å². The lowest BCUT2D eigenvalue weighted by Crippen LogP contribution is -2.57. The molecule has 0 bridgehead atoms. The van der Waals surface area contributed by atoms with Gasteiger partial charge in [0.2, 0.25) is 23.6 Å². The molecule has 14 nitrogen and oxygen atoms in total. The van der Waals surface area contributed by atoms with E-state index in [0.29, 0.717) is 18.6 Å². The minimum atomic E-state index is -1.45. The maximum atomic E-state index is 13.0. The molecule has 0 aromatic heterocycles. The van der Waals surface area contributed by atoms with Crippen molar-refractivity contribution in [2.45, 2.75) is 70.1 Å². The molecule has 4 unspecified atom stereocenters. The number of carbonyl (C=O) groups excluding carboxylic acids is 4. The summed E-state index contributed by atoms with van der Waals surface area (Å²) in [6.45, 7) is 3.75. The number of aliphatic imine (C=N–C) groups is 1. The smallest absolute Gasteiger partial charge is 0.326 e. The van der Waals surface area contributed by atoms with E-state index in [4.69, 9.17) is 22.9 Å². The third-order valence-corrected chi connectivity index (χ3v) is 5.55. The minimum absolute atomic E-state index is 0.0456. The number of aliphatic carboxylic acids is 1. The number of carboxylic acid groups (broad SMARTS) is 1. The Morgan fingerprint density at radius 1 is 0.889 bits per heavy atom. The highest BCUT2D eigenvalue weighted by Crippen LogP contribution is 2.07. The Morgan fingerprint density at radius 2 is 1.44 bits per heavy atom. The van der Waals surface area contributed by atoms with E-state index < -0.39 is 60.2 Å². The van der Waals surface area contributed by atoms with Gasteiger partial charge < -0.3 is 44.0 Å². The average Bonchev–Trinajstić information content (AvgIpc) is 2.77. The zero-order valence-corrected chi connectivity index (χ0v) is 21.8. The van der Waals surface area contributed by atoms with Gasteiger partial charge in [-0.1, -0.05) is 13.8 Å². The number of primary amides is 1. The van der Waals surface area contributed by atoms with Gasteiger partial charge in [0.05, 0.1) is 12.5 Å². The van der Waals surface area contributed by atoms with E-state index >= 15 is 0 Å². The van der Waals surface area contributed by atoms with Crippen LogP contribution in [-0.2, 0) is 24.0 Å². The normalized spacial score (nSPS) is 14.1. The molecule has 0 aliphatic rings. The molecular formula is C21H40N8O6S. The summed E-state index contributed by atoms with van der Waals surface area (Å²) in [5.74, 6) is -3.92. The molecule has 0 spiro atoms. The summed E-state index contributed by atoms with van der Waals surface area (Å²) >= 11 is 1.51. The number of carboxylic acids is 1. The molecule has 0 radical (unpaired) electrons. The van der Waals surface area contributed by atoms with Crippen LogP contribution in [-0.4, -0.2) is 83.4 Å². The summed E-state index contributed by atoms with van der Waals surface area (Å²) in [7, 11) is 0. The van der Waals surface area contributed by atoms with Gasteiger partial charge in [-0.3, -0.25) is 24.2 Å². The van der Waals surface area contributed by atoms with E-state index in [2.05, 4.69) is 20.9 Å². The Balaban J connectivity index is 5.60. The number of hydrogen-bond acceptors (Lipinski definition) is 8. The Morgan fingerprint density at radius 3 is 1.94 bits per heavy atom. The fourth-order valence-electron chi connectivity index (χ4n) is 3.08. The van der Waals surface area contributed by atoms with E-state index in [1.54, 1.807) is 13.8 Å². The zero-order chi connectivity index (χ0) is 27.8. The molecular weight excluding hydrogens is 492 g/mol. The van der Waals surface area contributed by atoms with Crippen LogP contribution in [0.25, 0.3) is 0 Å². The molecule has 0 aromatic carbocycles. The number of thioether (sulfide) groups is 1. The van der Waals surface area contributed by atoms with Crippen LogP contribution in [0.5, 0.6) is 0 Å². The minimum Gasteiger partial charge on any atom is -0.480 e. The molecule has 4 atom stereocenters. The average molecular weight is 533 g/mol. The molecule has 15 heteroatoms. The Labute approximate surface area is 215 Å². The first kappa shape index (κ1) is 32.9. The van der Waals surface area contributed by atoms with Crippen LogP contribution in [0.4, 0.5) is 0 Å². The van der Waals surface area contributed by atoms with Crippen molar-refractivity contribution in [3.8, 4) is 0 Å². The number of nitrogens with two attached hydrogens (primary N) is 4. The van der Waals surface area contributed by atoms with Crippen LogP contribution >= 0.6 is 11.8 Å². The summed E-state index contributed by atoms with van der Waals surface area (Å²) in [5.41, 5.74) is 21.7. The highest BCUT2D eigenvalue weighted by molar-refractivity contribution is 7.98. The lowest BCUT2D eigenvalue weighted by Gasteiger charge is -2.25. The van der Waals surface area contributed by atoms with E-state index in [1.165, 1.54) is 11.8 Å². The number of amides is 4. The van der Waals surface area contributed by atoms with Gasteiger partial charge in [-0.15, -0.1) is 0 Å². The van der Waals surface area contributed by atoms with Crippen LogP contribution in [0.2, 0.25) is 0 Å². The second-order valence-corrected chi connectivity index (χ2v) is 9.64. The SMILES string of the molecule is CSCCC(N)C(=O)NC(CCCN=C(N)N)C(=O)NC(CC(N)=O)C(=O)NC(CC(C)C)C(=O)O. The number of hydrogen-bond donors (Lipinski definition) is 8. The predicted octanol–water partition coefficient (Wildman–Crippen LogP) is -2.42. The largest absolute Gasteiger partial charge is 0.480 e. The number of guanidine groups is 1. The molecule has 0 rings (SSSR count). The van der Waals surface area contributed by atoms with Gasteiger partial charge in [-0.2, -0.15) is 11.8 Å². The van der Waals surface area contributed by atoms with E-state index in [0.717, 1.165) is 0 Å². The molecule has 36 heavy (non-hydrogen) atoms. The fraction of sp³-hybridized carbons (Fsp3) is 0.714. The molecule has 12 N–H and O–H groups in total. The molecule has 0 heterocycles. The first-order chi connectivity index (χ1) is 16.8. The standard InChI is InChI=1S/C21H40N8O6S/c1-11(2)9-15(20(34)35)29-19(33)14(10-16(23)30)28-18(32)13(5-4-7-26-21(24)25)27-17(31)12(22)6-8-36-3/h11-15H,4-10,22H2,1-3H3,(H2,23,30)(H,27,31)(H,28,32)(H,29,33)(H,34,35)(H4,24,25,26). The number of nitrogens with zero attached hydrogens (tertiary/aromatic N) is 1. The number of carbonyl (C=O) groups is 5. The summed E-state index contributed by atoms with van der Waals surface area (Å²) in [6.07, 6.45) is 2.21. The fourth-order valence-corrected chi connectivity index (χ4v) is 3.56. The predicted molar refractivity (Wildman–Crippen MR) is 138 cm³/mol. The van der Waals surface area contributed by atoms with E-state index in [1.807, 2.05) is 6.26 Å². The van der Waals surface area contributed by atoms with Crippen LogP contribution in [0.1, 0.15) is 46.0 Å². The van der Waals surface area contributed by atoms with Crippen molar-refractivity contribution in [1.82, 2.24) is 16.0 Å². The van der Waals surface area contributed by atoms with Gasteiger partial charge in [-0.05, 0) is 43.6 Å². The lowest BCUT2D eigenvalue weighted by atomic mass is 10.0.